The monoisotopic (exact) mass is 447 g/mol. The fraction of sp³-hybridized carbons (Fsp3) is 0.211. The van der Waals surface area contributed by atoms with Crippen molar-refractivity contribution >= 4 is 33.8 Å². The lowest BCUT2D eigenvalue weighted by Gasteiger charge is -2.12. The number of anilines is 1. The average molecular weight is 448 g/mol. The van der Waals surface area contributed by atoms with Crippen LogP contribution in [0.5, 0.6) is 5.75 Å². The van der Waals surface area contributed by atoms with Crippen LogP contribution in [0.2, 0.25) is 0 Å². The SMILES string of the molecule is CCn1c(CNC(=O)c2cccc(S(=O)(=O)Nc3ccccc3OC)c2)n[nH]c1=S. The van der Waals surface area contributed by atoms with Crippen LogP contribution in [0.4, 0.5) is 5.69 Å². The molecule has 0 atom stereocenters. The Labute approximate surface area is 179 Å². The number of sulfonamides is 1. The molecule has 0 aliphatic rings. The lowest BCUT2D eigenvalue weighted by atomic mass is 10.2. The van der Waals surface area contributed by atoms with Crippen LogP contribution in [-0.4, -0.2) is 36.2 Å². The Bertz CT molecular complexity index is 1220. The first-order valence-electron chi connectivity index (χ1n) is 9.04. The standard InChI is InChI=1S/C19H21N5O4S2/c1-3-24-17(21-22-19(24)29)12-20-18(25)13-7-6-8-14(11-13)30(26,27)23-15-9-4-5-10-16(15)28-2/h4-11,23H,3,12H2,1-2H3,(H,20,25)(H,22,29). The van der Waals surface area contributed by atoms with Crippen LogP contribution in [0.1, 0.15) is 23.1 Å². The normalized spacial score (nSPS) is 11.1. The number of benzene rings is 2. The zero-order chi connectivity index (χ0) is 21.7. The molecule has 1 amide bonds. The minimum Gasteiger partial charge on any atom is -0.495 e. The summed E-state index contributed by atoms with van der Waals surface area (Å²) in [6.45, 7) is 2.68. The van der Waals surface area contributed by atoms with E-state index in [4.69, 9.17) is 17.0 Å². The molecular weight excluding hydrogens is 426 g/mol. The maximum absolute atomic E-state index is 12.8. The van der Waals surface area contributed by atoms with E-state index in [0.29, 0.717) is 28.6 Å². The largest absolute Gasteiger partial charge is 0.495 e. The topological polar surface area (TPSA) is 118 Å². The van der Waals surface area contributed by atoms with Gasteiger partial charge >= 0.3 is 0 Å². The third-order valence-corrected chi connectivity index (χ3v) is 5.99. The Morgan fingerprint density at radius 2 is 2.00 bits per heavy atom. The summed E-state index contributed by atoms with van der Waals surface area (Å²) in [6.07, 6.45) is 0. The first-order chi connectivity index (χ1) is 14.4. The number of hydrogen-bond acceptors (Lipinski definition) is 6. The maximum atomic E-state index is 12.8. The second-order valence-corrected chi connectivity index (χ2v) is 8.27. The van der Waals surface area contributed by atoms with E-state index < -0.39 is 15.9 Å². The van der Waals surface area contributed by atoms with E-state index in [2.05, 4.69) is 20.2 Å². The maximum Gasteiger partial charge on any atom is 0.262 e. The molecule has 0 aliphatic carbocycles. The predicted octanol–water partition coefficient (Wildman–Crippen LogP) is 2.70. The number of nitrogens with zero attached hydrogens (tertiary/aromatic N) is 2. The van der Waals surface area contributed by atoms with Gasteiger partial charge in [0.05, 0.1) is 24.2 Å². The molecule has 0 aliphatic heterocycles. The molecule has 0 saturated carbocycles. The summed E-state index contributed by atoms with van der Waals surface area (Å²) in [7, 11) is -2.47. The highest BCUT2D eigenvalue weighted by Gasteiger charge is 2.18. The third kappa shape index (κ3) is 4.69. The van der Waals surface area contributed by atoms with Crippen LogP contribution in [0.25, 0.3) is 0 Å². The Morgan fingerprint density at radius 1 is 1.23 bits per heavy atom. The Kier molecular flexibility index (Phi) is 6.53. The van der Waals surface area contributed by atoms with Crippen molar-refractivity contribution < 1.29 is 17.9 Å². The second kappa shape index (κ2) is 9.09. The van der Waals surface area contributed by atoms with Gasteiger partial charge in [-0.15, -0.1) is 0 Å². The third-order valence-electron chi connectivity index (χ3n) is 4.32. The van der Waals surface area contributed by atoms with Crippen LogP contribution in [0, 0.1) is 4.77 Å². The van der Waals surface area contributed by atoms with Crippen LogP contribution in [-0.2, 0) is 23.1 Å². The van der Waals surface area contributed by atoms with Crippen LogP contribution < -0.4 is 14.8 Å². The number of hydrogen-bond donors (Lipinski definition) is 3. The van der Waals surface area contributed by atoms with Gasteiger partial charge in [0.25, 0.3) is 15.9 Å². The van der Waals surface area contributed by atoms with E-state index in [1.807, 2.05) is 6.92 Å². The molecular formula is C19H21N5O4S2. The molecule has 1 heterocycles. The minimum atomic E-state index is -3.92. The van der Waals surface area contributed by atoms with Gasteiger partial charge in [-0.3, -0.25) is 14.6 Å². The van der Waals surface area contributed by atoms with Gasteiger partial charge in [0.1, 0.15) is 5.75 Å². The highest BCUT2D eigenvalue weighted by atomic mass is 32.2. The molecule has 3 aromatic rings. The molecule has 2 aromatic carbocycles. The number of methoxy groups -OCH3 is 1. The van der Waals surface area contributed by atoms with Crippen molar-refractivity contribution in [3.05, 3.63) is 64.7 Å². The lowest BCUT2D eigenvalue weighted by Crippen LogP contribution is -2.25. The number of rotatable bonds is 8. The highest BCUT2D eigenvalue weighted by Crippen LogP contribution is 2.26. The molecule has 3 rings (SSSR count). The summed E-state index contributed by atoms with van der Waals surface area (Å²) in [5, 5.41) is 9.49. The number of para-hydroxylation sites is 2. The minimum absolute atomic E-state index is 0.0442. The number of aromatic nitrogens is 3. The number of amides is 1. The molecule has 0 fully saturated rings. The van der Waals surface area contributed by atoms with E-state index in [1.54, 1.807) is 28.8 Å². The van der Waals surface area contributed by atoms with E-state index in [1.165, 1.54) is 31.4 Å². The van der Waals surface area contributed by atoms with Crippen molar-refractivity contribution in [3.63, 3.8) is 0 Å². The summed E-state index contributed by atoms with van der Waals surface area (Å²) in [4.78, 5) is 12.5. The number of H-pyrrole nitrogens is 1. The first kappa shape index (κ1) is 21.5. The van der Waals surface area contributed by atoms with Gasteiger partial charge in [-0.05, 0) is 49.5 Å². The van der Waals surface area contributed by atoms with Crippen molar-refractivity contribution in [2.45, 2.75) is 24.9 Å². The molecule has 0 unspecified atom stereocenters. The van der Waals surface area contributed by atoms with E-state index in [-0.39, 0.29) is 17.0 Å². The van der Waals surface area contributed by atoms with Gasteiger partial charge in [-0.2, -0.15) is 5.10 Å². The smallest absolute Gasteiger partial charge is 0.262 e. The average Bonchev–Trinajstić information content (AvgIpc) is 3.11. The molecule has 1 aromatic heterocycles. The molecule has 158 valence electrons. The van der Waals surface area contributed by atoms with E-state index in [9.17, 15) is 13.2 Å². The van der Waals surface area contributed by atoms with E-state index >= 15 is 0 Å². The molecule has 0 spiro atoms. The molecule has 3 N–H and O–H groups in total. The summed E-state index contributed by atoms with van der Waals surface area (Å²) >= 11 is 5.12. The van der Waals surface area contributed by atoms with Gasteiger partial charge < -0.3 is 14.6 Å². The predicted molar refractivity (Wildman–Crippen MR) is 115 cm³/mol. The van der Waals surface area contributed by atoms with E-state index in [0.717, 1.165) is 0 Å². The zero-order valence-corrected chi connectivity index (χ0v) is 18.0. The fourth-order valence-corrected chi connectivity index (χ4v) is 4.21. The zero-order valence-electron chi connectivity index (χ0n) is 16.4. The number of carbonyl (C=O) groups is 1. The van der Waals surface area contributed by atoms with Crippen molar-refractivity contribution in [1.29, 1.82) is 0 Å². The summed E-state index contributed by atoms with van der Waals surface area (Å²) in [5.41, 5.74) is 0.507. The van der Waals surface area contributed by atoms with Gasteiger partial charge in [0, 0.05) is 12.1 Å². The number of aromatic amines is 1. The van der Waals surface area contributed by atoms with Crippen LogP contribution in [0.3, 0.4) is 0 Å². The molecule has 30 heavy (non-hydrogen) atoms. The summed E-state index contributed by atoms with van der Waals surface area (Å²) in [6, 6.07) is 12.4. The Morgan fingerprint density at radius 3 is 2.73 bits per heavy atom. The lowest BCUT2D eigenvalue weighted by molar-refractivity contribution is 0.0949. The Balaban J connectivity index is 1.77. The van der Waals surface area contributed by atoms with Crippen LogP contribution in [0.15, 0.2) is 53.4 Å². The highest BCUT2D eigenvalue weighted by molar-refractivity contribution is 7.92. The first-order valence-corrected chi connectivity index (χ1v) is 10.9. The fourth-order valence-electron chi connectivity index (χ4n) is 2.81. The molecule has 11 heteroatoms. The van der Waals surface area contributed by atoms with Crippen LogP contribution >= 0.6 is 12.2 Å². The summed E-state index contributed by atoms with van der Waals surface area (Å²) in [5.74, 6) is 0.540. The number of nitrogens with one attached hydrogen (secondary N) is 3. The second-order valence-electron chi connectivity index (χ2n) is 6.21. The van der Waals surface area contributed by atoms with Crippen molar-refractivity contribution in [1.82, 2.24) is 20.1 Å². The molecule has 0 bridgehead atoms. The number of ether oxygens (including phenoxy) is 1. The van der Waals surface area contributed by atoms with Crippen molar-refractivity contribution in [2.75, 3.05) is 11.8 Å². The molecule has 0 radical (unpaired) electrons. The summed E-state index contributed by atoms with van der Waals surface area (Å²) < 4.78 is 35.4. The van der Waals surface area contributed by atoms with Crippen molar-refractivity contribution in [3.8, 4) is 5.75 Å². The van der Waals surface area contributed by atoms with Gasteiger partial charge in [0.2, 0.25) is 0 Å². The quantitative estimate of drug-likeness (QED) is 0.457. The molecule has 0 saturated heterocycles. The van der Waals surface area contributed by atoms with Gasteiger partial charge in [-0.1, -0.05) is 18.2 Å². The van der Waals surface area contributed by atoms with Gasteiger partial charge in [-0.25, -0.2) is 8.42 Å². The van der Waals surface area contributed by atoms with Gasteiger partial charge in [0.15, 0.2) is 10.6 Å². The Hall–Kier alpha value is -3.18. The molecule has 9 nitrogen and oxygen atoms in total. The van der Waals surface area contributed by atoms with Crippen molar-refractivity contribution in [2.24, 2.45) is 0 Å². The number of carbonyl (C=O) groups excluding carboxylic acids is 1.